The Morgan fingerprint density at radius 3 is 3.00 bits per heavy atom. The Hall–Kier alpha value is -0.610. The first kappa shape index (κ1) is 12.5. The van der Waals surface area contributed by atoms with Gasteiger partial charge >= 0.3 is 5.97 Å². The molecule has 1 rings (SSSR count). The van der Waals surface area contributed by atoms with E-state index in [9.17, 15) is 4.79 Å². The van der Waals surface area contributed by atoms with Gasteiger partial charge in [-0.3, -0.25) is 4.79 Å². The van der Waals surface area contributed by atoms with Crippen molar-refractivity contribution in [2.75, 3.05) is 13.2 Å². The van der Waals surface area contributed by atoms with Gasteiger partial charge < -0.3 is 14.8 Å². The first-order valence-corrected chi connectivity index (χ1v) is 5.67. The van der Waals surface area contributed by atoms with Crippen molar-refractivity contribution in [2.24, 2.45) is 0 Å². The molecule has 88 valence electrons. The van der Waals surface area contributed by atoms with Crippen LogP contribution in [0.2, 0.25) is 0 Å². The summed E-state index contributed by atoms with van der Waals surface area (Å²) in [5.41, 5.74) is 0. The molecular weight excluding hydrogens is 194 g/mol. The first-order valence-electron chi connectivity index (χ1n) is 5.67. The minimum Gasteiger partial charge on any atom is -0.465 e. The molecule has 3 atom stereocenters. The summed E-state index contributed by atoms with van der Waals surface area (Å²) in [5, 5.41) is 3.28. The summed E-state index contributed by atoms with van der Waals surface area (Å²) in [5.74, 6) is -0.170. The number of carbonyl (C=O) groups excluding carboxylic acids is 1. The van der Waals surface area contributed by atoms with Gasteiger partial charge in [0, 0.05) is 12.6 Å². The van der Waals surface area contributed by atoms with Crippen molar-refractivity contribution < 1.29 is 14.3 Å². The molecule has 0 spiro atoms. The number of rotatable bonds is 4. The van der Waals surface area contributed by atoms with Gasteiger partial charge in [0.15, 0.2) is 0 Å². The van der Waals surface area contributed by atoms with E-state index >= 15 is 0 Å². The van der Waals surface area contributed by atoms with E-state index in [0.29, 0.717) is 12.6 Å². The zero-order valence-corrected chi connectivity index (χ0v) is 9.79. The Morgan fingerprint density at radius 2 is 2.40 bits per heavy atom. The second-order valence-corrected chi connectivity index (χ2v) is 4.04. The Labute approximate surface area is 91.3 Å². The van der Waals surface area contributed by atoms with Crippen LogP contribution in [0.5, 0.6) is 0 Å². The SMILES string of the molecule is CCOC(=O)C(C)NC1CCOC(C)C1. The highest BCUT2D eigenvalue weighted by molar-refractivity contribution is 5.75. The monoisotopic (exact) mass is 215 g/mol. The van der Waals surface area contributed by atoms with Crippen molar-refractivity contribution in [1.82, 2.24) is 5.32 Å². The van der Waals surface area contributed by atoms with Crippen molar-refractivity contribution in [3.8, 4) is 0 Å². The van der Waals surface area contributed by atoms with E-state index < -0.39 is 0 Å². The molecule has 0 aromatic heterocycles. The lowest BCUT2D eigenvalue weighted by atomic mass is 10.0. The van der Waals surface area contributed by atoms with Gasteiger partial charge in [-0.2, -0.15) is 0 Å². The number of ether oxygens (including phenoxy) is 2. The lowest BCUT2D eigenvalue weighted by Crippen LogP contribution is -2.46. The van der Waals surface area contributed by atoms with E-state index in [4.69, 9.17) is 9.47 Å². The van der Waals surface area contributed by atoms with Gasteiger partial charge in [-0.15, -0.1) is 0 Å². The Balaban J connectivity index is 2.30. The van der Waals surface area contributed by atoms with Crippen molar-refractivity contribution in [3.05, 3.63) is 0 Å². The Bertz CT molecular complexity index is 208. The zero-order valence-electron chi connectivity index (χ0n) is 9.79. The number of nitrogens with one attached hydrogen (secondary N) is 1. The Morgan fingerprint density at radius 1 is 1.67 bits per heavy atom. The molecule has 0 aromatic rings. The van der Waals surface area contributed by atoms with E-state index in [1.54, 1.807) is 0 Å². The molecule has 1 saturated heterocycles. The van der Waals surface area contributed by atoms with Crippen LogP contribution in [0.4, 0.5) is 0 Å². The van der Waals surface area contributed by atoms with Crippen molar-refractivity contribution in [2.45, 2.75) is 51.8 Å². The molecule has 0 aliphatic carbocycles. The molecule has 0 bridgehead atoms. The summed E-state index contributed by atoms with van der Waals surface area (Å²) in [7, 11) is 0. The Kier molecular flexibility index (Phi) is 5.05. The first-order chi connectivity index (χ1) is 7.13. The van der Waals surface area contributed by atoms with E-state index in [1.807, 2.05) is 13.8 Å². The fourth-order valence-electron chi connectivity index (χ4n) is 1.84. The maximum atomic E-state index is 11.4. The second kappa shape index (κ2) is 6.08. The minimum atomic E-state index is -0.222. The topological polar surface area (TPSA) is 47.6 Å². The molecule has 1 aliphatic rings. The van der Waals surface area contributed by atoms with Gasteiger partial charge in [-0.25, -0.2) is 0 Å². The fourth-order valence-corrected chi connectivity index (χ4v) is 1.84. The third-order valence-corrected chi connectivity index (χ3v) is 2.61. The molecule has 4 nitrogen and oxygen atoms in total. The van der Waals surface area contributed by atoms with Gasteiger partial charge in [0.2, 0.25) is 0 Å². The van der Waals surface area contributed by atoms with Crippen LogP contribution < -0.4 is 5.32 Å². The number of hydrogen-bond acceptors (Lipinski definition) is 4. The third kappa shape index (κ3) is 4.18. The summed E-state index contributed by atoms with van der Waals surface area (Å²) < 4.78 is 10.4. The van der Waals surface area contributed by atoms with Gasteiger partial charge in [0.05, 0.1) is 12.7 Å². The van der Waals surface area contributed by atoms with Crippen LogP contribution in [0.3, 0.4) is 0 Å². The second-order valence-electron chi connectivity index (χ2n) is 4.04. The molecule has 15 heavy (non-hydrogen) atoms. The highest BCUT2D eigenvalue weighted by Crippen LogP contribution is 2.13. The lowest BCUT2D eigenvalue weighted by Gasteiger charge is -2.29. The van der Waals surface area contributed by atoms with Crippen LogP contribution in [0, 0.1) is 0 Å². The third-order valence-electron chi connectivity index (χ3n) is 2.61. The van der Waals surface area contributed by atoms with E-state index in [-0.39, 0.29) is 18.1 Å². The molecule has 3 unspecified atom stereocenters. The highest BCUT2D eigenvalue weighted by Gasteiger charge is 2.23. The number of hydrogen-bond donors (Lipinski definition) is 1. The molecule has 1 aliphatic heterocycles. The van der Waals surface area contributed by atoms with Crippen LogP contribution in [-0.2, 0) is 14.3 Å². The van der Waals surface area contributed by atoms with Crippen LogP contribution in [0.25, 0.3) is 0 Å². The van der Waals surface area contributed by atoms with Crippen molar-refractivity contribution in [1.29, 1.82) is 0 Å². The number of esters is 1. The minimum absolute atomic E-state index is 0.170. The van der Waals surface area contributed by atoms with Gasteiger partial charge in [0.25, 0.3) is 0 Å². The van der Waals surface area contributed by atoms with Gasteiger partial charge in [-0.1, -0.05) is 0 Å². The van der Waals surface area contributed by atoms with E-state index in [2.05, 4.69) is 12.2 Å². The summed E-state index contributed by atoms with van der Waals surface area (Å²) >= 11 is 0. The predicted octanol–water partition coefficient (Wildman–Crippen LogP) is 1.10. The van der Waals surface area contributed by atoms with E-state index in [1.165, 1.54) is 0 Å². The molecular formula is C11H21NO3. The fraction of sp³-hybridized carbons (Fsp3) is 0.909. The van der Waals surface area contributed by atoms with Crippen molar-refractivity contribution >= 4 is 5.97 Å². The lowest BCUT2D eigenvalue weighted by molar-refractivity contribution is -0.145. The maximum absolute atomic E-state index is 11.4. The normalized spacial score (nSPS) is 28.5. The van der Waals surface area contributed by atoms with Crippen LogP contribution >= 0.6 is 0 Å². The molecule has 0 saturated carbocycles. The average molecular weight is 215 g/mol. The summed E-state index contributed by atoms with van der Waals surface area (Å²) in [6.07, 6.45) is 2.21. The van der Waals surface area contributed by atoms with Gasteiger partial charge in [-0.05, 0) is 33.6 Å². The zero-order chi connectivity index (χ0) is 11.3. The van der Waals surface area contributed by atoms with Crippen LogP contribution in [-0.4, -0.2) is 37.4 Å². The number of carbonyl (C=O) groups is 1. The molecule has 0 aromatic carbocycles. The maximum Gasteiger partial charge on any atom is 0.322 e. The van der Waals surface area contributed by atoms with Gasteiger partial charge in [0.1, 0.15) is 6.04 Å². The molecule has 1 N–H and O–H groups in total. The average Bonchev–Trinajstić information content (AvgIpc) is 2.18. The molecule has 4 heteroatoms. The highest BCUT2D eigenvalue weighted by atomic mass is 16.5. The standard InChI is InChI=1S/C11H21NO3/c1-4-14-11(13)9(3)12-10-5-6-15-8(2)7-10/h8-10,12H,4-7H2,1-3H3. The summed E-state index contributed by atoms with van der Waals surface area (Å²) in [6.45, 7) is 6.94. The molecule has 0 radical (unpaired) electrons. The van der Waals surface area contributed by atoms with Crippen molar-refractivity contribution in [3.63, 3.8) is 0 Å². The predicted molar refractivity (Wildman–Crippen MR) is 57.7 cm³/mol. The summed E-state index contributed by atoms with van der Waals surface area (Å²) in [6, 6.07) is 0.147. The molecule has 0 amide bonds. The smallest absolute Gasteiger partial charge is 0.322 e. The molecule has 1 heterocycles. The quantitative estimate of drug-likeness (QED) is 0.713. The summed E-state index contributed by atoms with van der Waals surface area (Å²) in [4.78, 5) is 11.4. The largest absolute Gasteiger partial charge is 0.465 e. The molecule has 1 fully saturated rings. The van der Waals surface area contributed by atoms with Crippen LogP contribution in [0.15, 0.2) is 0 Å². The van der Waals surface area contributed by atoms with Crippen LogP contribution in [0.1, 0.15) is 33.6 Å². The van der Waals surface area contributed by atoms with E-state index in [0.717, 1.165) is 19.4 Å².